The number of aliphatic hydroxyl groups excluding tert-OH is 6. The average molecular weight is 905 g/mol. The zero-order chi connectivity index (χ0) is 45.1. The van der Waals surface area contributed by atoms with Gasteiger partial charge in [-0.05, 0) is 19.8 Å². The number of rotatable bonds is 49. The Morgan fingerprint density at radius 2 is 0.887 bits per heavy atom. The van der Waals surface area contributed by atoms with Gasteiger partial charge in [-0.3, -0.25) is 10.1 Å². The van der Waals surface area contributed by atoms with Gasteiger partial charge in [0.15, 0.2) is 0 Å². The Hall–Kier alpha value is -1.95. The lowest BCUT2D eigenvalue weighted by Gasteiger charge is -2.26. The molecular weight excluding hydrogens is 828 g/mol. The number of aryl methyl sites for hydroxylation is 1. The number of hydrogen-bond acceptors (Lipinski definition) is 22. The van der Waals surface area contributed by atoms with Gasteiger partial charge in [-0.15, -0.1) is 5.10 Å². The lowest BCUT2D eigenvalue weighted by Crippen LogP contribution is -2.50. The number of nitrogens with one attached hydrogen (secondary N) is 1. The van der Waals surface area contributed by atoms with E-state index in [1.807, 2.05) is 0 Å². The van der Waals surface area contributed by atoms with E-state index in [2.05, 4.69) is 15.6 Å². The molecule has 7 N–H and O–H groups in total. The zero-order valence-corrected chi connectivity index (χ0v) is 36.5. The Labute approximate surface area is 365 Å². The molecule has 0 bridgehead atoms. The van der Waals surface area contributed by atoms with Crippen molar-refractivity contribution in [2.24, 2.45) is 0 Å². The molecule has 0 amide bonds. The fourth-order valence-electron chi connectivity index (χ4n) is 4.78. The molecule has 0 aromatic carbocycles. The number of ketones is 1. The van der Waals surface area contributed by atoms with Gasteiger partial charge < -0.3 is 87.5 Å². The van der Waals surface area contributed by atoms with Crippen LogP contribution in [0.3, 0.4) is 0 Å². The molecule has 0 spiro atoms. The van der Waals surface area contributed by atoms with Crippen LogP contribution in [-0.4, -0.2) is 254 Å². The Balaban J connectivity index is 1.75. The van der Waals surface area contributed by atoms with Crippen LogP contribution in [0.2, 0.25) is 0 Å². The van der Waals surface area contributed by atoms with Gasteiger partial charge in [-0.25, -0.2) is 4.68 Å². The van der Waals surface area contributed by atoms with Crippen LogP contribution in [0, 0.1) is 0 Å². The van der Waals surface area contributed by atoms with E-state index in [-0.39, 0.29) is 18.7 Å². The van der Waals surface area contributed by atoms with E-state index >= 15 is 0 Å². The van der Waals surface area contributed by atoms with E-state index in [0.29, 0.717) is 184 Å². The standard InChI is InChI=1S/C39H76N4O19/c1-33(45)4-6-51-8-10-53-12-14-55-16-18-57-20-22-59-24-26-61-28-29-62-27-25-60-23-21-58-19-17-56-15-13-54-11-9-52-7-5-43-31-34(41-42-43)2-3-37(48)40-30-35(46)38(49)39(50)36(47)32-44/h31,35-40,44,46-50H,2-30,32H2,1H3/t35-,36+,37?,38+,39+/m0/s1. The fourth-order valence-corrected chi connectivity index (χ4v) is 4.78. The summed E-state index contributed by atoms with van der Waals surface area (Å²) in [5, 5.41) is 68.5. The highest BCUT2D eigenvalue weighted by atomic mass is 16.6. The second-order valence-corrected chi connectivity index (χ2v) is 13.5. The third-order valence-corrected chi connectivity index (χ3v) is 8.30. The first-order valence-corrected chi connectivity index (χ1v) is 21.3. The fraction of sp³-hybridized carbons (Fsp3) is 0.923. The maximum absolute atomic E-state index is 10.8. The van der Waals surface area contributed by atoms with Crippen LogP contribution >= 0.6 is 0 Å². The molecule has 0 aliphatic heterocycles. The summed E-state index contributed by atoms with van der Waals surface area (Å²) in [5.41, 5.74) is 0.648. The van der Waals surface area contributed by atoms with Crippen molar-refractivity contribution in [1.82, 2.24) is 20.3 Å². The van der Waals surface area contributed by atoms with E-state index in [0.717, 1.165) is 0 Å². The monoisotopic (exact) mass is 905 g/mol. The van der Waals surface area contributed by atoms with Gasteiger partial charge in [0, 0.05) is 19.2 Å². The maximum Gasteiger partial charge on any atom is 0.132 e. The highest BCUT2D eigenvalue weighted by Crippen LogP contribution is 2.06. The van der Waals surface area contributed by atoms with E-state index in [1.165, 1.54) is 0 Å². The molecule has 0 saturated carbocycles. The van der Waals surface area contributed by atoms with Crippen LogP contribution in [0.4, 0.5) is 0 Å². The molecule has 1 aromatic heterocycles. The topological polar surface area (TPSA) is 292 Å². The van der Waals surface area contributed by atoms with Crippen LogP contribution in [-0.2, 0) is 74.6 Å². The molecule has 1 heterocycles. The van der Waals surface area contributed by atoms with Gasteiger partial charge >= 0.3 is 0 Å². The number of carbonyl (C=O) groups is 1. The Morgan fingerprint density at radius 3 is 1.24 bits per heavy atom. The van der Waals surface area contributed by atoms with Crippen molar-refractivity contribution >= 4 is 5.78 Å². The number of Topliss-reactive ketones (excluding diaryl/α,β-unsaturated/α-hetero) is 1. The summed E-state index contributed by atoms with van der Waals surface area (Å²) in [4.78, 5) is 10.8. The first-order valence-electron chi connectivity index (χ1n) is 21.3. The number of ether oxygens (including phenoxy) is 12. The van der Waals surface area contributed by atoms with Gasteiger partial charge in [0.2, 0.25) is 0 Å². The number of nitrogens with zero attached hydrogens (tertiary/aromatic N) is 3. The molecule has 0 radical (unpaired) electrons. The molecule has 1 unspecified atom stereocenters. The minimum atomic E-state index is -1.73. The van der Waals surface area contributed by atoms with Crippen molar-refractivity contribution in [2.45, 2.75) is 63.4 Å². The van der Waals surface area contributed by atoms with Crippen molar-refractivity contribution in [2.75, 3.05) is 172 Å². The second-order valence-electron chi connectivity index (χ2n) is 13.5. The predicted molar refractivity (Wildman–Crippen MR) is 219 cm³/mol. The van der Waals surface area contributed by atoms with Crippen molar-refractivity contribution in [3.05, 3.63) is 11.9 Å². The molecule has 0 aliphatic carbocycles. The molecule has 23 nitrogen and oxygen atoms in total. The molecule has 62 heavy (non-hydrogen) atoms. The maximum atomic E-state index is 10.8. The Kier molecular flexibility index (Phi) is 40.2. The Morgan fingerprint density at radius 1 is 0.548 bits per heavy atom. The molecule has 1 aromatic rings. The van der Waals surface area contributed by atoms with E-state index in [1.54, 1.807) is 17.8 Å². The van der Waals surface area contributed by atoms with Gasteiger partial charge in [-0.2, -0.15) is 0 Å². The third kappa shape index (κ3) is 36.4. The summed E-state index contributed by atoms with van der Waals surface area (Å²) < 4.78 is 67.2. The lowest BCUT2D eigenvalue weighted by atomic mass is 10.0. The van der Waals surface area contributed by atoms with Crippen LogP contribution < -0.4 is 5.32 Å². The van der Waals surface area contributed by atoms with Crippen molar-refractivity contribution in [3.8, 4) is 0 Å². The number of hydrogen-bond donors (Lipinski definition) is 7. The van der Waals surface area contributed by atoms with Crippen molar-refractivity contribution < 1.29 is 92.3 Å². The van der Waals surface area contributed by atoms with Crippen molar-refractivity contribution in [3.63, 3.8) is 0 Å². The first kappa shape index (κ1) is 58.1. The SMILES string of the molecule is CC(=O)CCOCCOCCOCCOCCOCCOCCOCCOCCOCCOCCOCCOCCn1cc(CCC(O)NC[C@H](O)[C@@H](O)[C@H](O)[C@H](O)CO)nn1. The molecule has 1 rings (SSSR count). The van der Waals surface area contributed by atoms with Gasteiger partial charge in [0.05, 0.1) is 184 Å². The lowest BCUT2D eigenvalue weighted by molar-refractivity contribution is -0.118. The largest absolute Gasteiger partial charge is 0.394 e. The van der Waals surface area contributed by atoms with E-state index in [4.69, 9.17) is 61.9 Å². The molecular formula is C39H76N4O19. The third-order valence-electron chi connectivity index (χ3n) is 8.30. The highest BCUT2D eigenvalue weighted by molar-refractivity contribution is 5.75. The van der Waals surface area contributed by atoms with E-state index in [9.17, 15) is 30.3 Å². The Bertz CT molecular complexity index is 1120. The van der Waals surface area contributed by atoms with Crippen molar-refractivity contribution in [1.29, 1.82) is 0 Å². The molecule has 366 valence electrons. The summed E-state index contributed by atoms with van der Waals surface area (Å²) >= 11 is 0. The normalized spacial score (nSPS) is 14.3. The van der Waals surface area contributed by atoms with Gasteiger partial charge in [0.25, 0.3) is 0 Å². The van der Waals surface area contributed by atoms with E-state index < -0.39 is 37.3 Å². The highest BCUT2D eigenvalue weighted by Gasteiger charge is 2.30. The predicted octanol–water partition coefficient (Wildman–Crippen LogP) is -3.27. The van der Waals surface area contributed by atoms with Gasteiger partial charge in [0.1, 0.15) is 30.3 Å². The minimum Gasteiger partial charge on any atom is -0.394 e. The number of carbonyl (C=O) groups excluding carboxylic acids is 1. The summed E-state index contributed by atoms with van der Waals surface area (Å²) in [6.07, 6.45) is -4.72. The van der Waals surface area contributed by atoms with Crippen LogP contribution in [0.25, 0.3) is 0 Å². The van der Waals surface area contributed by atoms with Crippen LogP contribution in [0.1, 0.15) is 25.5 Å². The quantitative estimate of drug-likeness (QED) is 0.0249. The summed E-state index contributed by atoms with van der Waals surface area (Å²) in [5.74, 6) is 0.115. The smallest absolute Gasteiger partial charge is 0.132 e. The summed E-state index contributed by atoms with van der Waals surface area (Å²) in [6.45, 7) is 12.0. The summed E-state index contributed by atoms with van der Waals surface area (Å²) in [7, 11) is 0. The average Bonchev–Trinajstić information content (AvgIpc) is 3.73. The molecule has 0 saturated heterocycles. The van der Waals surface area contributed by atoms with Gasteiger partial charge in [-0.1, -0.05) is 5.21 Å². The first-order chi connectivity index (χ1) is 30.2. The number of aromatic nitrogens is 3. The van der Waals surface area contributed by atoms with Crippen LogP contribution in [0.15, 0.2) is 6.20 Å². The number of aliphatic hydroxyl groups is 6. The molecule has 5 atom stereocenters. The van der Waals surface area contributed by atoms with Crippen LogP contribution in [0.5, 0.6) is 0 Å². The second kappa shape index (κ2) is 43.0. The zero-order valence-electron chi connectivity index (χ0n) is 36.5. The molecule has 0 aliphatic rings. The molecule has 23 heteroatoms. The summed E-state index contributed by atoms with van der Waals surface area (Å²) in [6, 6.07) is 0. The minimum absolute atomic E-state index is 0.115. The molecule has 0 fully saturated rings.